The van der Waals surface area contributed by atoms with E-state index in [1.54, 1.807) is 0 Å². The quantitative estimate of drug-likeness (QED) is 0.894. The van der Waals surface area contributed by atoms with Crippen LogP contribution < -0.4 is 0 Å². The molecule has 17 heavy (non-hydrogen) atoms. The van der Waals surface area contributed by atoms with E-state index in [-0.39, 0.29) is 5.75 Å². The average molecular weight is 254 g/mol. The van der Waals surface area contributed by atoms with E-state index < -0.39 is 15.9 Å². The van der Waals surface area contributed by atoms with E-state index in [9.17, 15) is 13.5 Å². The summed E-state index contributed by atoms with van der Waals surface area (Å²) in [6, 6.07) is 7.68. The van der Waals surface area contributed by atoms with Crippen LogP contribution in [0.15, 0.2) is 24.3 Å². The number of hydrogen-bond donors (Lipinski definition) is 1. The van der Waals surface area contributed by atoms with E-state index in [0.717, 1.165) is 6.26 Å². The van der Waals surface area contributed by atoms with Gasteiger partial charge >= 0.3 is 0 Å². The first-order valence-electron chi connectivity index (χ1n) is 5.91. The number of sulfone groups is 1. The van der Waals surface area contributed by atoms with Crippen molar-refractivity contribution in [1.82, 2.24) is 0 Å². The van der Waals surface area contributed by atoms with Crippen LogP contribution in [0, 0.1) is 0 Å². The molecule has 1 aromatic carbocycles. The molecule has 0 aromatic heterocycles. The summed E-state index contributed by atoms with van der Waals surface area (Å²) >= 11 is 0. The fourth-order valence-electron chi connectivity index (χ4n) is 2.11. The van der Waals surface area contributed by atoms with Gasteiger partial charge in [-0.1, -0.05) is 30.7 Å². The first-order valence-corrected chi connectivity index (χ1v) is 7.97. The first kappa shape index (κ1) is 12.6. The van der Waals surface area contributed by atoms with Gasteiger partial charge in [-0.15, -0.1) is 0 Å². The minimum absolute atomic E-state index is 0.213. The topological polar surface area (TPSA) is 54.4 Å². The molecule has 1 aliphatic carbocycles. The molecule has 1 fully saturated rings. The third kappa shape index (κ3) is 3.30. The lowest BCUT2D eigenvalue weighted by Crippen LogP contribution is -2.13. The number of hydrogen-bond acceptors (Lipinski definition) is 3. The van der Waals surface area contributed by atoms with Gasteiger partial charge in [-0.25, -0.2) is 8.42 Å². The van der Waals surface area contributed by atoms with E-state index in [1.807, 2.05) is 24.3 Å². The maximum Gasteiger partial charge on any atom is 0.150 e. The fraction of sp³-hybridized carbons (Fsp3) is 0.538. The van der Waals surface area contributed by atoms with Crippen LogP contribution in [-0.2, 0) is 9.84 Å². The second-order valence-corrected chi connectivity index (χ2v) is 7.09. The molecular weight excluding hydrogens is 236 g/mol. The van der Waals surface area contributed by atoms with Crippen LogP contribution in [0.2, 0.25) is 0 Å². The molecule has 0 spiro atoms. The van der Waals surface area contributed by atoms with Gasteiger partial charge < -0.3 is 5.11 Å². The molecule has 0 amide bonds. The lowest BCUT2D eigenvalue weighted by Gasteiger charge is -2.26. The van der Waals surface area contributed by atoms with Crippen molar-refractivity contribution in [3.05, 3.63) is 35.4 Å². The third-order valence-corrected chi connectivity index (χ3v) is 4.28. The van der Waals surface area contributed by atoms with Gasteiger partial charge in [0, 0.05) is 6.26 Å². The molecule has 3 nitrogen and oxygen atoms in total. The van der Waals surface area contributed by atoms with Crippen molar-refractivity contribution in [2.24, 2.45) is 0 Å². The molecule has 1 saturated carbocycles. The smallest absolute Gasteiger partial charge is 0.150 e. The van der Waals surface area contributed by atoms with E-state index >= 15 is 0 Å². The van der Waals surface area contributed by atoms with E-state index in [2.05, 4.69) is 0 Å². The number of rotatable bonds is 4. The zero-order valence-electron chi connectivity index (χ0n) is 9.96. The summed E-state index contributed by atoms with van der Waals surface area (Å²) in [5, 5.41) is 9.78. The van der Waals surface area contributed by atoms with Gasteiger partial charge in [0.15, 0.2) is 0 Å². The molecule has 1 aromatic rings. The molecule has 1 N–H and O–H groups in total. The summed E-state index contributed by atoms with van der Waals surface area (Å²) in [5.41, 5.74) is 1.98. The van der Waals surface area contributed by atoms with Crippen molar-refractivity contribution in [1.29, 1.82) is 0 Å². The highest BCUT2D eigenvalue weighted by Gasteiger charge is 2.20. The molecular formula is C13H18O3S. The van der Waals surface area contributed by atoms with Crippen LogP contribution in [-0.4, -0.2) is 25.5 Å². The van der Waals surface area contributed by atoms with E-state index in [4.69, 9.17) is 0 Å². The molecule has 0 radical (unpaired) electrons. The molecule has 2 rings (SSSR count). The normalized spacial score (nSPS) is 18.7. The van der Waals surface area contributed by atoms with Gasteiger partial charge in [0.2, 0.25) is 0 Å². The Bertz CT molecular complexity index is 472. The van der Waals surface area contributed by atoms with Crippen LogP contribution >= 0.6 is 0 Å². The van der Waals surface area contributed by atoms with E-state index in [1.165, 1.54) is 24.8 Å². The standard InChI is InChI=1S/C13H18O3S/c1-17(15,16)9-13(14)12-7-5-11(6-8-12)10-3-2-4-10/h5-8,10,13-14H,2-4,9H2,1H3. The highest BCUT2D eigenvalue weighted by Crippen LogP contribution is 2.36. The Morgan fingerprint density at radius 3 is 2.29 bits per heavy atom. The van der Waals surface area contributed by atoms with Gasteiger partial charge in [-0.2, -0.15) is 0 Å². The Balaban J connectivity index is 2.06. The molecule has 1 aliphatic rings. The SMILES string of the molecule is CS(=O)(=O)CC(O)c1ccc(C2CCC2)cc1. The Morgan fingerprint density at radius 1 is 1.29 bits per heavy atom. The van der Waals surface area contributed by atoms with Crippen LogP contribution in [0.4, 0.5) is 0 Å². The molecule has 0 bridgehead atoms. The lowest BCUT2D eigenvalue weighted by atomic mass is 9.80. The van der Waals surface area contributed by atoms with Crippen LogP contribution in [0.5, 0.6) is 0 Å². The number of aliphatic hydroxyl groups excluding tert-OH is 1. The molecule has 4 heteroatoms. The van der Waals surface area contributed by atoms with Crippen molar-refractivity contribution >= 4 is 9.84 Å². The van der Waals surface area contributed by atoms with Crippen molar-refractivity contribution in [2.45, 2.75) is 31.3 Å². The monoisotopic (exact) mass is 254 g/mol. The van der Waals surface area contributed by atoms with Gasteiger partial charge in [-0.05, 0) is 29.9 Å². The predicted octanol–water partition coefficient (Wildman–Crippen LogP) is 2.03. The summed E-state index contributed by atoms with van der Waals surface area (Å²) in [5.74, 6) is 0.451. The maximum atomic E-state index is 11.1. The Hall–Kier alpha value is -0.870. The summed E-state index contributed by atoms with van der Waals surface area (Å²) in [6.45, 7) is 0. The highest BCUT2D eigenvalue weighted by atomic mass is 32.2. The van der Waals surface area contributed by atoms with Crippen LogP contribution in [0.25, 0.3) is 0 Å². The predicted molar refractivity (Wildman–Crippen MR) is 67.7 cm³/mol. The summed E-state index contributed by atoms with van der Waals surface area (Å²) in [6.07, 6.45) is 4.00. The molecule has 1 unspecified atom stereocenters. The van der Waals surface area contributed by atoms with Gasteiger partial charge in [0.05, 0.1) is 11.9 Å². The molecule has 94 valence electrons. The van der Waals surface area contributed by atoms with Gasteiger partial charge in [0.25, 0.3) is 0 Å². The van der Waals surface area contributed by atoms with Crippen molar-refractivity contribution in [2.75, 3.05) is 12.0 Å². The third-order valence-electron chi connectivity index (χ3n) is 3.36. The number of aliphatic hydroxyl groups is 1. The zero-order chi connectivity index (χ0) is 12.5. The second kappa shape index (κ2) is 4.78. The Morgan fingerprint density at radius 2 is 1.88 bits per heavy atom. The number of benzene rings is 1. The summed E-state index contributed by atoms with van der Waals surface area (Å²) in [7, 11) is -3.14. The Kier molecular flexibility index (Phi) is 3.54. The van der Waals surface area contributed by atoms with Crippen LogP contribution in [0.1, 0.15) is 42.4 Å². The van der Waals surface area contributed by atoms with Gasteiger partial charge in [-0.3, -0.25) is 0 Å². The maximum absolute atomic E-state index is 11.1. The van der Waals surface area contributed by atoms with Crippen molar-refractivity contribution in [3.63, 3.8) is 0 Å². The molecule has 0 heterocycles. The first-order chi connectivity index (χ1) is 7.96. The summed E-state index contributed by atoms with van der Waals surface area (Å²) < 4.78 is 22.2. The highest BCUT2D eigenvalue weighted by molar-refractivity contribution is 7.90. The minimum atomic E-state index is -3.14. The minimum Gasteiger partial charge on any atom is -0.387 e. The van der Waals surface area contributed by atoms with Crippen molar-refractivity contribution in [3.8, 4) is 0 Å². The Labute approximate surface area is 102 Å². The lowest BCUT2D eigenvalue weighted by molar-refractivity contribution is 0.202. The van der Waals surface area contributed by atoms with Crippen molar-refractivity contribution < 1.29 is 13.5 Å². The van der Waals surface area contributed by atoms with E-state index in [0.29, 0.717) is 11.5 Å². The van der Waals surface area contributed by atoms with Crippen LogP contribution in [0.3, 0.4) is 0 Å². The molecule has 0 saturated heterocycles. The molecule has 1 atom stereocenters. The fourth-order valence-corrected chi connectivity index (χ4v) is 2.88. The summed E-state index contributed by atoms with van der Waals surface area (Å²) in [4.78, 5) is 0. The zero-order valence-corrected chi connectivity index (χ0v) is 10.8. The average Bonchev–Trinajstić information content (AvgIpc) is 2.13. The molecule has 0 aliphatic heterocycles. The largest absolute Gasteiger partial charge is 0.387 e. The second-order valence-electron chi connectivity index (χ2n) is 4.90. The van der Waals surface area contributed by atoms with Gasteiger partial charge in [0.1, 0.15) is 9.84 Å².